The van der Waals surface area contributed by atoms with Crippen LogP contribution in [0, 0.1) is 5.82 Å². The molecule has 19 heavy (non-hydrogen) atoms. The fraction of sp³-hybridized carbons (Fsp3) is 0.571. The lowest BCUT2D eigenvalue weighted by Gasteiger charge is -2.27. The third-order valence-corrected chi connectivity index (χ3v) is 5.04. The molecule has 0 aliphatic carbocycles. The highest BCUT2D eigenvalue weighted by atomic mass is 79.9. The summed E-state index contributed by atoms with van der Waals surface area (Å²) in [6.45, 7) is 6.56. The van der Waals surface area contributed by atoms with E-state index in [4.69, 9.17) is 0 Å². The van der Waals surface area contributed by atoms with Crippen LogP contribution in [-0.2, 0) is 0 Å². The van der Waals surface area contributed by atoms with Crippen LogP contribution < -0.4 is 5.32 Å². The lowest BCUT2D eigenvalue weighted by atomic mass is 10.1. The molecular weight excluding hydrogens is 327 g/mol. The molecule has 5 heteroatoms. The van der Waals surface area contributed by atoms with Gasteiger partial charge in [-0.1, -0.05) is 22.0 Å². The summed E-state index contributed by atoms with van der Waals surface area (Å²) in [4.78, 5) is 2.50. The first-order valence-corrected chi connectivity index (χ1v) is 8.60. The van der Waals surface area contributed by atoms with E-state index in [1.807, 2.05) is 17.8 Å². The zero-order chi connectivity index (χ0) is 13.7. The largest absolute Gasteiger partial charge is 0.309 e. The Morgan fingerprint density at radius 3 is 2.84 bits per heavy atom. The summed E-state index contributed by atoms with van der Waals surface area (Å²) in [5.74, 6) is 2.30. The fourth-order valence-corrected chi connectivity index (χ4v) is 3.90. The predicted molar refractivity (Wildman–Crippen MR) is 84.3 cm³/mol. The molecule has 0 bridgehead atoms. The van der Waals surface area contributed by atoms with Gasteiger partial charge >= 0.3 is 0 Å². The Balaban J connectivity index is 1.78. The van der Waals surface area contributed by atoms with Crippen molar-refractivity contribution in [2.24, 2.45) is 0 Å². The number of thioether (sulfide) groups is 1. The molecule has 1 aliphatic heterocycles. The van der Waals surface area contributed by atoms with Gasteiger partial charge in [-0.2, -0.15) is 11.8 Å². The lowest BCUT2D eigenvalue weighted by molar-refractivity contribution is 0.296. The molecule has 2 nitrogen and oxygen atoms in total. The fourth-order valence-electron chi connectivity index (χ4n) is 2.23. The van der Waals surface area contributed by atoms with Gasteiger partial charge in [0.25, 0.3) is 0 Å². The third kappa shape index (κ3) is 4.74. The van der Waals surface area contributed by atoms with Crippen molar-refractivity contribution in [1.29, 1.82) is 0 Å². The molecule has 0 amide bonds. The van der Waals surface area contributed by atoms with Crippen molar-refractivity contribution in [3.63, 3.8) is 0 Å². The molecule has 1 heterocycles. The summed E-state index contributed by atoms with van der Waals surface area (Å²) in [5.41, 5.74) is 1.11. The Kier molecular flexibility index (Phi) is 6.13. The van der Waals surface area contributed by atoms with Crippen molar-refractivity contribution in [3.05, 3.63) is 34.1 Å². The van der Waals surface area contributed by atoms with Crippen LogP contribution in [0.15, 0.2) is 22.7 Å². The molecule has 0 spiro atoms. The zero-order valence-electron chi connectivity index (χ0n) is 11.2. The Morgan fingerprint density at radius 1 is 1.42 bits per heavy atom. The van der Waals surface area contributed by atoms with Crippen molar-refractivity contribution in [1.82, 2.24) is 10.2 Å². The number of hydrogen-bond acceptors (Lipinski definition) is 3. The molecule has 1 fully saturated rings. The van der Waals surface area contributed by atoms with Crippen LogP contribution in [0.4, 0.5) is 4.39 Å². The molecular formula is C14H20BrFN2S. The zero-order valence-corrected chi connectivity index (χ0v) is 13.6. The quantitative estimate of drug-likeness (QED) is 0.880. The topological polar surface area (TPSA) is 15.3 Å². The highest BCUT2D eigenvalue weighted by Gasteiger charge is 2.12. The Bertz CT molecular complexity index is 410. The van der Waals surface area contributed by atoms with Gasteiger partial charge in [0.2, 0.25) is 0 Å². The first-order valence-electron chi connectivity index (χ1n) is 6.65. The summed E-state index contributed by atoms with van der Waals surface area (Å²) >= 11 is 5.46. The normalized spacial score (nSPS) is 18.5. The maximum Gasteiger partial charge on any atom is 0.124 e. The minimum absolute atomic E-state index is 0.200. The molecule has 0 radical (unpaired) electrons. The average molecular weight is 347 g/mol. The van der Waals surface area contributed by atoms with Crippen LogP contribution in [0.3, 0.4) is 0 Å². The Hall–Kier alpha value is -0.100. The van der Waals surface area contributed by atoms with Crippen molar-refractivity contribution in [2.45, 2.75) is 13.0 Å². The van der Waals surface area contributed by atoms with Gasteiger partial charge in [0, 0.05) is 48.2 Å². The van der Waals surface area contributed by atoms with Crippen molar-refractivity contribution in [2.75, 3.05) is 37.7 Å². The van der Waals surface area contributed by atoms with Crippen molar-refractivity contribution in [3.8, 4) is 0 Å². The van der Waals surface area contributed by atoms with Crippen LogP contribution >= 0.6 is 27.7 Å². The SMILES string of the molecule is CC(NCCN1CCSCC1)c1ccc(F)cc1Br. The van der Waals surface area contributed by atoms with Gasteiger partial charge in [-0.25, -0.2) is 4.39 Å². The van der Waals surface area contributed by atoms with E-state index in [0.717, 1.165) is 23.1 Å². The van der Waals surface area contributed by atoms with Gasteiger partial charge < -0.3 is 10.2 Å². The number of nitrogens with one attached hydrogen (secondary N) is 1. The van der Waals surface area contributed by atoms with Crippen LogP contribution in [-0.4, -0.2) is 42.6 Å². The third-order valence-electron chi connectivity index (χ3n) is 3.41. The van der Waals surface area contributed by atoms with Crippen LogP contribution in [0.25, 0.3) is 0 Å². The van der Waals surface area contributed by atoms with Gasteiger partial charge in [-0.3, -0.25) is 0 Å². The molecule has 1 unspecified atom stereocenters. The van der Waals surface area contributed by atoms with Crippen LogP contribution in [0.1, 0.15) is 18.5 Å². The molecule has 1 aromatic rings. The summed E-state index contributed by atoms with van der Waals surface area (Å²) in [7, 11) is 0. The number of halogens is 2. The molecule has 0 saturated carbocycles. The van der Waals surface area contributed by atoms with E-state index in [-0.39, 0.29) is 11.9 Å². The van der Waals surface area contributed by atoms with E-state index in [9.17, 15) is 4.39 Å². The predicted octanol–water partition coefficient (Wildman–Crippen LogP) is 3.29. The van der Waals surface area contributed by atoms with Gasteiger partial charge in [0.15, 0.2) is 0 Å². The second kappa shape index (κ2) is 7.62. The van der Waals surface area contributed by atoms with Gasteiger partial charge in [-0.05, 0) is 24.6 Å². The van der Waals surface area contributed by atoms with Crippen molar-refractivity contribution < 1.29 is 4.39 Å². The van der Waals surface area contributed by atoms with Crippen molar-refractivity contribution >= 4 is 27.7 Å². The number of rotatable bonds is 5. The van der Waals surface area contributed by atoms with E-state index in [0.29, 0.717) is 0 Å². The number of nitrogens with zero attached hydrogens (tertiary/aromatic N) is 1. The Morgan fingerprint density at radius 2 is 2.16 bits per heavy atom. The first-order chi connectivity index (χ1) is 9.16. The lowest BCUT2D eigenvalue weighted by Crippen LogP contribution is -2.38. The smallest absolute Gasteiger partial charge is 0.124 e. The van der Waals surface area contributed by atoms with E-state index in [2.05, 4.69) is 33.1 Å². The Labute approximate surface area is 127 Å². The molecule has 1 saturated heterocycles. The first kappa shape index (κ1) is 15.3. The van der Waals surface area contributed by atoms with E-state index >= 15 is 0 Å². The second-order valence-electron chi connectivity index (χ2n) is 4.80. The molecule has 0 aromatic heterocycles. The van der Waals surface area contributed by atoms with E-state index < -0.39 is 0 Å². The summed E-state index contributed by atoms with van der Waals surface area (Å²) in [6, 6.07) is 5.11. The van der Waals surface area contributed by atoms with E-state index in [1.165, 1.54) is 36.7 Å². The summed E-state index contributed by atoms with van der Waals surface area (Å²) in [6.07, 6.45) is 0. The average Bonchev–Trinajstić information content (AvgIpc) is 2.39. The van der Waals surface area contributed by atoms with Crippen LogP contribution in [0.5, 0.6) is 0 Å². The molecule has 1 aromatic carbocycles. The molecule has 106 valence electrons. The highest BCUT2D eigenvalue weighted by Crippen LogP contribution is 2.24. The van der Waals surface area contributed by atoms with Gasteiger partial charge in [-0.15, -0.1) is 0 Å². The summed E-state index contributed by atoms with van der Waals surface area (Å²) in [5, 5.41) is 3.51. The van der Waals surface area contributed by atoms with Crippen LogP contribution in [0.2, 0.25) is 0 Å². The standard InChI is InChI=1S/C14H20BrFN2S/c1-11(13-3-2-12(16)10-14(13)15)17-4-5-18-6-8-19-9-7-18/h2-3,10-11,17H,4-9H2,1H3. The molecule has 1 N–H and O–H groups in total. The molecule has 1 atom stereocenters. The number of benzene rings is 1. The molecule has 1 aliphatic rings. The maximum atomic E-state index is 13.0. The van der Waals surface area contributed by atoms with E-state index in [1.54, 1.807) is 0 Å². The minimum Gasteiger partial charge on any atom is -0.309 e. The maximum absolute atomic E-state index is 13.0. The molecule has 2 rings (SSSR count). The minimum atomic E-state index is -0.200. The second-order valence-corrected chi connectivity index (χ2v) is 6.87. The summed E-state index contributed by atoms with van der Waals surface area (Å²) < 4.78 is 13.9. The number of hydrogen-bond donors (Lipinski definition) is 1. The van der Waals surface area contributed by atoms with Gasteiger partial charge in [0.1, 0.15) is 5.82 Å². The highest BCUT2D eigenvalue weighted by molar-refractivity contribution is 9.10. The van der Waals surface area contributed by atoms with Gasteiger partial charge in [0.05, 0.1) is 0 Å². The monoisotopic (exact) mass is 346 g/mol.